The molecule has 0 saturated heterocycles. The van der Waals surface area contributed by atoms with E-state index in [4.69, 9.17) is 23.2 Å². The van der Waals surface area contributed by atoms with Crippen molar-refractivity contribution in [3.8, 4) is 0 Å². The Kier molecular flexibility index (Phi) is 5.77. The highest BCUT2D eigenvalue weighted by Crippen LogP contribution is 2.31. The Hall–Kier alpha value is -3.20. The van der Waals surface area contributed by atoms with E-state index in [1.54, 1.807) is 36.4 Å². The number of anilines is 2. The molecule has 0 atom stereocenters. The number of thiophene rings is 1. The van der Waals surface area contributed by atoms with Gasteiger partial charge < -0.3 is 10.6 Å². The molecule has 4 amide bonds. The van der Waals surface area contributed by atoms with Crippen molar-refractivity contribution in [2.45, 2.75) is 0 Å². The Labute approximate surface area is 190 Å². The minimum atomic E-state index is -0.611. The normalized spacial score (nSPS) is 12.6. The Bertz CT molecular complexity index is 1170. The van der Waals surface area contributed by atoms with Gasteiger partial charge in [-0.15, -0.1) is 11.3 Å². The molecule has 31 heavy (non-hydrogen) atoms. The lowest BCUT2D eigenvalue weighted by molar-refractivity contribution is -0.116. The van der Waals surface area contributed by atoms with Crippen molar-refractivity contribution in [3.63, 3.8) is 0 Å². The second-order valence-corrected chi connectivity index (χ2v) is 8.33. The van der Waals surface area contributed by atoms with E-state index in [1.807, 2.05) is 5.38 Å². The van der Waals surface area contributed by atoms with Gasteiger partial charge in [0.05, 0.1) is 26.0 Å². The third kappa shape index (κ3) is 4.32. The number of carbonyl (C=O) groups excluding carboxylic acids is 4. The van der Waals surface area contributed by atoms with Crippen LogP contribution in [0.15, 0.2) is 53.9 Å². The zero-order chi connectivity index (χ0) is 22.1. The molecular weight excluding hydrogens is 461 g/mol. The van der Waals surface area contributed by atoms with E-state index in [-0.39, 0.29) is 27.1 Å². The van der Waals surface area contributed by atoms with Crippen molar-refractivity contribution in [1.29, 1.82) is 0 Å². The number of fused-ring (bicyclic) bond motifs is 1. The topological polar surface area (TPSA) is 95.6 Å². The average Bonchev–Trinajstić information content (AvgIpc) is 3.35. The average molecular weight is 474 g/mol. The van der Waals surface area contributed by atoms with Crippen LogP contribution in [0.2, 0.25) is 10.0 Å². The van der Waals surface area contributed by atoms with Crippen LogP contribution in [-0.2, 0) is 4.79 Å². The molecule has 1 aliphatic rings. The summed E-state index contributed by atoms with van der Waals surface area (Å²) in [6.45, 7) is -0.460. The summed E-state index contributed by atoms with van der Waals surface area (Å²) in [7, 11) is 0. The van der Waals surface area contributed by atoms with E-state index in [2.05, 4.69) is 10.6 Å². The van der Waals surface area contributed by atoms with Crippen molar-refractivity contribution in [1.82, 2.24) is 4.90 Å². The molecule has 0 saturated carbocycles. The van der Waals surface area contributed by atoms with Gasteiger partial charge in [-0.05, 0) is 47.8 Å². The molecule has 0 spiro atoms. The Morgan fingerprint density at radius 1 is 0.871 bits per heavy atom. The molecule has 0 fully saturated rings. The molecule has 156 valence electrons. The number of imide groups is 1. The molecule has 0 radical (unpaired) electrons. The Morgan fingerprint density at radius 3 is 1.94 bits per heavy atom. The van der Waals surface area contributed by atoms with Gasteiger partial charge in [-0.2, -0.15) is 0 Å². The van der Waals surface area contributed by atoms with Crippen LogP contribution in [0.25, 0.3) is 0 Å². The van der Waals surface area contributed by atoms with Crippen molar-refractivity contribution in [3.05, 3.63) is 80.0 Å². The summed E-state index contributed by atoms with van der Waals surface area (Å²) < 4.78 is 0. The van der Waals surface area contributed by atoms with Gasteiger partial charge in [-0.3, -0.25) is 24.1 Å². The van der Waals surface area contributed by atoms with Crippen LogP contribution in [-0.4, -0.2) is 35.1 Å². The van der Waals surface area contributed by atoms with Gasteiger partial charge in [0.25, 0.3) is 17.7 Å². The minimum Gasteiger partial charge on any atom is -0.325 e. The molecule has 1 aromatic heterocycles. The van der Waals surface area contributed by atoms with Crippen LogP contribution in [0.5, 0.6) is 0 Å². The molecule has 2 heterocycles. The van der Waals surface area contributed by atoms with E-state index in [1.165, 1.54) is 23.5 Å². The maximum atomic E-state index is 12.5. The van der Waals surface area contributed by atoms with Crippen LogP contribution < -0.4 is 10.6 Å². The third-order valence-electron chi connectivity index (χ3n) is 4.48. The second kappa shape index (κ2) is 8.50. The predicted molar refractivity (Wildman–Crippen MR) is 119 cm³/mol. The Balaban J connectivity index is 1.38. The van der Waals surface area contributed by atoms with Gasteiger partial charge in [0.1, 0.15) is 6.54 Å². The molecule has 0 unspecified atom stereocenters. The fraction of sp³-hybridized carbons (Fsp3) is 0.0476. The Morgan fingerprint density at radius 2 is 1.42 bits per heavy atom. The first kappa shape index (κ1) is 21.0. The lowest BCUT2D eigenvalue weighted by atomic mass is 10.1. The number of amides is 4. The van der Waals surface area contributed by atoms with Gasteiger partial charge in [0.2, 0.25) is 5.91 Å². The summed E-state index contributed by atoms with van der Waals surface area (Å²) in [5.74, 6) is -2.00. The molecule has 3 aromatic rings. The fourth-order valence-electron chi connectivity index (χ4n) is 3.01. The number of hydrogen-bond donors (Lipinski definition) is 2. The number of hydrogen-bond acceptors (Lipinski definition) is 5. The summed E-state index contributed by atoms with van der Waals surface area (Å²) >= 11 is 13.2. The van der Waals surface area contributed by atoms with Gasteiger partial charge in [0, 0.05) is 11.4 Å². The first-order valence-electron chi connectivity index (χ1n) is 8.93. The molecule has 1 aliphatic heterocycles. The smallest absolute Gasteiger partial charge is 0.265 e. The second-order valence-electron chi connectivity index (χ2n) is 6.57. The minimum absolute atomic E-state index is 0.109. The van der Waals surface area contributed by atoms with Crippen LogP contribution in [0, 0.1) is 0 Å². The fourth-order valence-corrected chi connectivity index (χ4v) is 3.96. The molecule has 2 aromatic carbocycles. The number of rotatable bonds is 5. The number of nitrogens with one attached hydrogen (secondary N) is 2. The molecule has 0 aliphatic carbocycles. The largest absolute Gasteiger partial charge is 0.325 e. The highest BCUT2D eigenvalue weighted by Gasteiger charge is 2.37. The van der Waals surface area contributed by atoms with Crippen molar-refractivity contribution in [2.24, 2.45) is 0 Å². The molecule has 0 bridgehead atoms. The van der Waals surface area contributed by atoms with E-state index in [0.29, 0.717) is 16.3 Å². The highest BCUT2D eigenvalue weighted by atomic mass is 35.5. The summed E-state index contributed by atoms with van der Waals surface area (Å²) in [4.78, 5) is 50.9. The summed E-state index contributed by atoms with van der Waals surface area (Å²) in [5.41, 5.74) is 1.23. The lowest BCUT2D eigenvalue weighted by Crippen LogP contribution is -2.37. The van der Waals surface area contributed by atoms with E-state index in [0.717, 1.165) is 4.90 Å². The maximum absolute atomic E-state index is 12.5. The first-order valence-corrected chi connectivity index (χ1v) is 10.6. The third-order valence-corrected chi connectivity index (χ3v) is 6.08. The number of carbonyl (C=O) groups is 4. The number of nitrogens with zero attached hydrogens (tertiary/aromatic N) is 1. The molecule has 10 heteroatoms. The van der Waals surface area contributed by atoms with E-state index in [9.17, 15) is 19.2 Å². The molecular formula is C21H13Cl2N3O4S. The summed E-state index contributed by atoms with van der Waals surface area (Å²) in [6.07, 6.45) is 0. The monoisotopic (exact) mass is 473 g/mol. The van der Waals surface area contributed by atoms with Gasteiger partial charge in [0.15, 0.2) is 0 Å². The van der Waals surface area contributed by atoms with E-state index >= 15 is 0 Å². The predicted octanol–water partition coefficient (Wildman–Crippen LogP) is 4.54. The zero-order valence-electron chi connectivity index (χ0n) is 15.6. The van der Waals surface area contributed by atoms with E-state index < -0.39 is 24.3 Å². The first-order chi connectivity index (χ1) is 14.8. The number of halogens is 2. The highest BCUT2D eigenvalue weighted by molar-refractivity contribution is 7.12. The number of benzene rings is 2. The van der Waals surface area contributed by atoms with Crippen molar-refractivity contribution < 1.29 is 19.2 Å². The van der Waals surface area contributed by atoms with Crippen LogP contribution in [0.1, 0.15) is 30.4 Å². The standard InChI is InChI=1S/C21H13Cl2N3O4S/c22-15-8-13-14(9-16(15)23)21(30)26(20(13)29)10-18(27)24-11-3-5-12(6-4-11)25-19(28)17-2-1-7-31-17/h1-9H,10H2,(H,24,27)(H,25,28). The molecule has 4 rings (SSSR count). The quantitative estimate of drug-likeness (QED) is 0.531. The van der Waals surface area contributed by atoms with Crippen LogP contribution in [0.4, 0.5) is 11.4 Å². The molecule has 7 nitrogen and oxygen atoms in total. The lowest BCUT2D eigenvalue weighted by Gasteiger charge is -2.14. The summed E-state index contributed by atoms with van der Waals surface area (Å²) in [6, 6.07) is 12.6. The van der Waals surface area contributed by atoms with Crippen LogP contribution >= 0.6 is 34.5 Å². The SMILES string of the molecule is O=C(CN1C(=O)c2cc(Cl)c(Cl)cc2C1=O)Nc1ccc(NC(=O)c2cccs2)cc1. The molecule has 2 N–H and O–H groups in total. The summed E-state index contributed by atoms with van der Waals surface area (Å²) in [5, 5.41) is 7.49. The van der Waals surface area contributed by atoms with Gasteiger partial charge in [-0.1, -0.05) is 29.3 Å². The maximum Gasteiger partial charge on any atom is 0.265 e. The zero-order valence-corrected chi connectivity index (χ0v) is 18.0. The van der Waals surface area contributed by atoms with Gasteiger partial charge in [-0.25, -0.2) is 0 Å². The van der Waals surface area contributed by atoms with Crippen LogP contribution in [0.3, 0.4) is 0 Å². The van der Waals surface area contributed by atoms with Gasteiger partial charge >= 0.3 is 0 Å². The van der Waals surface area contributed by atoms with Crippen molar-refractivity contribution >= 4 is 69.5 Å². The van der Waals surface area contributed by atoms with Crippen molar-refractivity contribution in [2.75, 3.05) is 17.2 Å².